The van der Waals surface area contributed by atoms with Crippen molar-refractivity contribution < 1.29 is 9.18 Å². The van der Waals surface area contributed by atoms with Gasteiger partial charge in [0.2, 0.25) is 16.2 Å². The van der Waals surface area contributed by atoms with Gasteiger partial charge in [-0.1, -0.05) is 35.6 Å². The molecule has 2 aromatic heterocycles. The fraction of sp³-hybridized carbons (Fsp3) is 0.318. The largest absolute Gasteiger partial charge is 0.357 e. The van der Waals surface area contributed by atoms with Crippen LogP contribution in [0.15, 0.2) is 49.2 Å². The van der Waals surface area contributed by atoms with Gasteiger partial charge in [0.1, 0.15) is 5.82 Å². The van der Waals surface area contributed by atoms with Gasteiger partial charge in [0.05, 0.1) is 6.42 Å². The van der Waals surface area contributed by atoms with Gasteiger partial charge in [0.25, 0.3) is 0 Å². The predicted octanol–water partition coefficient (Wildman–Crippen LogP) is 3.46. The normalized spacial score (nSPS) is 14.2. The number of hydrogen-bond acceptors (Lipinski definition) is 8. The summed E-state index contributed by atoms with van der Waals surface area (Å²) in [6.45, 7) is 5.37. The van der Waals surface area contributed by atoms with Crippen LogP contribution in [0.3, 0.4) is 0 Å². The number of anilines is 3. The summed E-state index contributed by atoms with van der Waals surface area (Å²) in [5.41, 5.74) is 0.873. The highest BCUT2D eigenvalue weighted by atomic mass is 32.1. The van der Waals surface area contributed by atoms with Gasteiger partial charge < -0.3 is 15.5 Å². The van der Waals surface area contributed by atoms with Crippen molar-refractivity contribution in [3.8, 4) is 0 Å². The van der Waals surface area contributed by atoms with E-state index in [0.29, 0.717) is 27.8 Å². The summed E-state index contributed by atoms with van der Waals surface area (Å²) in [7, 11) is 0. The van der Waals surface area contributed by atoms with E-state index >= 15 is 0 Å². The second-order valence-corrected chi connectivity index (χ2v) is 8.49. The topological polar surface area (TPSA) is 95.9 Å². The molecule has 0 aliphatic carbocycles. The zero-order valence-electron chi connectivity index (χ0n) is 17.5. The van der Waals surface area contributed by atoms with E-state index in [1.165, 1.54) is 11.3 Å². The van der Waals surface area contributed by atoms with Crippen LogP contribution in [0.2, 0.25) is 0 Å². The van der Waals surface area contributed by atoms with Gasteiger partial charge in [-0.3, -0.25) is 4.79 Å². The Morgan fingerprint density at radius 2 is 1.94 bits per heavy atom. The van der Waals surface area contributed by atoms with Crippen LogP contribution in [0, 0.1) is 5.82 Å². The van der Waals surface area contributed by atoms with Crippen molar-refractivity contribution in [2.75, 3.05) is 28.6 Å². The number of halogens is 1. The van der Waals surface area contributed by atoms with E-state index in [1.54, 1.807) is 30.5 Å². The molecule has 1 aromatic carbocycles. The van der Waals surface area contributed by atoms with Crippen LogP contribution in [-0.2, 0) is 17.6 Å². The Morgan fingerprint density at radius 3 is 2.69 bits per heavy atom. The molecule has 4 rings (SSSR count). The highest BCUT2D eigenvalue weighted by Gasteiger charge is 2.21. The Labute approximate surface area is 189 Å². The molecule has 166 valence electrons. The predicted molar refractivity (Wildman–Crippen MR) is 123 cm³/mol. The van der Waals surface area contributed by atoms with Gasteiger partial charge in [0.15, 0.2) is 5.82 Å². The van der Waals surface area contributed by atoms with Crippen LogP contribution >= 0.6 is 11.3 Å². The summed E-state index contributed by atoms with van der Waals surface area (Å²) in [5.74, 6) is 0.188. The molecule has 0 saturated carbocycles. The van der Waals surface area contributed by atoms with Crippen LogP contribution in [0.25, 0.3) is 0 Å². The summed E-state index contributed by atoms with van der Waals surface area (Å²) in [6.07, 6.45) is 5.51. The number of rotatable bonds is 8. The first-order valence-electron chi connectivity index (χ1n) is 10.4. The number of benzene rings is 1. The van der Waals surface area contributed by atoms with E-state index in [1.807, 2.05) is 12.1 Å². The van der Waals surface area contributed by atoms with Gasteiger partial charge in [-0.2, -0.15) is 5.10 Å². The minimum absolute atomic E-state index is 0.0694. The molecule has 8 nitrogen and oxygen atoms in total. The third-order valence-electron chi connectivity index (χ3n) is 5.25. The van der Waals surface area contributed by atoms with Gasteiger partial charge in [-0.05, 0) is 42.5 Å². The number of hydrogen-bond donors (Lipinski definition) is 2. The third kappa shape index (κ3) is 5.44. The van der Waals surface area contributed by atoms with Crippen molar-refractivity contribution in [1.29, 1.82) is 0 Å². The maximum atomic E-state index is 14.5. The van der Waals surface area contributed by atoms with E-state index in [-0.39, 0.29) is 24.2 Å². The molecular weight excluding hydrogens is 429 g/mol. The molecular formula is C22H24FN7OS. The van der Waals surface area contributed by atoms with Crippen molar-refractivity contribution in [3.63, 3.8) is 0 Å². The summed E-state index contributed by atoms with van der Waals surface area (Å²) in [6, 6.07) is 9.16. The molecule has 0 unspecified atom stereocenters. The zero-order chi connectivity index (χ0) is 22.3. The average molecular weight is 454 g/mol. The molecule has 32 heavy (non-hydrogen) atoms. The van der Waals surface area contributed by atoms with E-state index in [2.05, 4.69) is 42.5 Å². The molecule has 1 amide bonds. The first-order chi connectivity index (χ1) is 15.6. The number of allylic oxidation sites excluding steroid dienone is 1. The van der Waals surface area contributed by atoms with Crippen molar-refractivity contribution >= 4 is 33.3 Å². The second kappa shape index (κ2) is 10.3. The Balaban J connectivity index is 1.28. The Bertz CT molecular complexity index is 1070. The summed E-state index contributed by atoms with van der Waals surface area (Å²) >= 11 is 1.27. The zero-order valence-corrected chi connectivity index (χ0v) is 18.3. The lowest BCUT2D eigenvalue weighted by molar-refractivity contribution is -0.115. The van der Waals surface area contributed by atoms with Crippen molar-refractivity contribution in [3.05, 3.63) is 66.1 Å². The molecule has 1 saturated heterocycles. The molecule has 1 aliphatic heterocycles. The fourth-order valence-corrected chi connectivity index (χ4v) is 4.38. The number of nitrogens with zero attached hydrogens (tertiary/aromatic N) is 5. The minimum Gasteiger partial charge on any atom is -0.357 e. The first-order valence-corrected chi connectivity index (χ1v) is 11.2. The van der Waals surface area contributed by atoms with Crippen molar-refractivity contribution in [1.82, 2.24) is 20.4 Å². The van der Waals surface area contributed by atoms with Crippen molar-refractivity contribution in [2.24, 2.45) is 0 Å². The third-order valence-corrected chi connectivity index (χ3v) is 6.02. The van der Waals surface area contributed by atoms with Gasteiger partial charge in [-0.15, -0.1) is 21.9 Å². The molecule has 10 heteroatoms. The van der Waals surface area contributed by atoms with E-state index in [0.717, 1.165) is 31.7 Å². The smallest absolute Gasteiger partial charge is 0.230 e. The van der Waals surface area contributed by atoms with Crippen LogP contribution in [0.5, 0.6) is 0 Å². The van der Waals surface area contributed by atoms with Gasteiger partial charge in [0, 0.05) is 25.3 Å². The first kappa shape index (κ1) is 21.8. The monoisotopic (exact) mass is 453 g/mol. The molecule has 0 atom stereocenters. The lowest BCUT2D eigenvalue weighted by Gasteiger charge is -2.32. The molecule has 0 bridgehead atoms. The summed E-state index contributed by atoms with van der Waals surface area (Å²) in [4.78, 5) is 14.6. The van der Waals surface area contributed by atoms with E-state index < -0.39 is 0 Å². The number of carbonyl (C=O) groups excluding carboxylic acids is 1. The maximum Gasteiger partial charge on any atom is 0.230 e. The molecule has 3 heterocycles. The summed E-state index contributed by atoms with van der Waals surface area (Å²) in [5, 5.41) is 23.4. The van der Waals surface area contributed by atoms with Crippen LogP contribution < -0.4 is 15.5 Å². The van der Waals surface area contributed by atoms with Crippen molar-refractivity contribution in [2.45, 2.75) is 31.7 Å². The number of aromatic nitrogens is 4. The maximum absolute atomic E-state index is 14.5. The molecule has 3 aromatic rings. The van der Waals surface area contributed by atoms with Gasteiger partial charge >= 0.3 is 0 Å². The van der Waals surface area contributed by atoms with Crippen LogP contribution in [-0.4, -0.2) is 45.4 Å². The molecule has 0 spiro atoms. The standard InChI is InChI=1S/C22H24FN7OS/c1-2-5-15-6-3-7-16(20(15)23)14-19(31)26-22-29-28-21(32-22)25-17-9-12-30(13-10-17)18-8-4-11-24-27-18/h2-4,6-8,11,17H,1,5,9-10,12-14H2,(H,25,28)(H,26,29,31). The quantitative estimate of drug-likeness (QED) is 0.504. The molecule has 1 aliphatic rings. The Morgan fingerprint density at radius 1 is 1.16 bits per heavy atom. The average Bonchev–Trinajstić information content (AvgIpc) is 3.24. The number of amides is 1. The fourth-order valence-electron chi connectivity index (χ4n) is 3.64. The number of piperidine rings is 1. The molecule has 2 N–H and O–H groups in total. The highest BCUT2D eigenvalue weighted by Crippen LogP contribution is 2.25. The Hall–Kier alpha value is -3.40. The SMILES string of the molecule is C=CCc1cccc(CC(=O)Nc2nnc(NC3CCN(c4cccnn4)CC3)s2)c1F. The lowest BCUT2D eigenvalue weighted by atomic mass is 10.0. The second-order valence-electron chi connectivity index (χ2n) is 7.51. The van der Waals surface area contributed by atoms with E-state index in [4.69, 9.17) is 0 Å². The van der Waals surface area contributed by atoms with Crippen LogP contribution in [0.1, 0.15) is 24.0 Å². The number of nitrogens with one attached hydrogen (secondary N) is 2. The van der Waals surface area contributed by atoms with Crippen LogP contribution in [0.4, 0.5) is 20.5 Å². The molecule has 1 fully saturated rings. The lowest BCUT2D eigenvalue weighted by Crippen LogP contribution is -2.39. The highest BCUT2D eigenvalue weighted by molar-refractivity contribution is 7.19. The van der Waals surface area contributed by atoms with Gasteiger partial charge in [-0.25, -0.2) is 4.39 Å². The minimum atomic E-state index is -0.366. The molecule has 0 radical (unpaired) electrons. The number of carbonyl (C=O) groups is 1. The summed E-state index contributed by atoms with van der Waals surface area (Å²) < 4.78 is 14.5. The van der Waals surface area contributed by atoms with E-state index in [9.17, 15) is 9.18 Å². The Kier molecular flexibility index (Phi) is 7.00.